The normalized spacial score (nSPS) is 14.6. The number of nitrogens with one attached hydrogen (secondary N) is 3. The highest BCUT2D eigenvalue weighted by atomic mass is 35.5. The van der Waals surface area contributed by atoms with Gasteiger partial charge in [-0.15, -0.1) is 0 Å². The zero-order chi connectivity index (χ0) is 38.8. The summed E-state index contributed by atoms with van der Waals surface area (Å²) in [6.45, 7) is 11.0. The molecule has 0 radical (unpaired) electrons. The topological polar surface area (TPSA) is 175 Å². The molecule has 2 heterocycles. The molecule has 3 aromatic carbocycles. The molecule has 2 saturated heterocycles. The SMILES string of the molecule is CCN(CC)CC(=O)Nc1ccc(N)cc1Cl.Nc1ccc(NC(=O)CN2CCCC2)c(Cl)c1.Nc1ccc(NC(=O)CN2CCCCCC2)c(Cl)c1. The fraction of sp³-hybridized carbons (Fsp3) is 0.447. The molecule has 0 saturated carbocycles. The van der Waals surface area contributed by atoms with E-state index in [1.807, 2.05) is 18.7 Å². The minimum atomic E-state index is -0.0691. The number of likely N-dealkylation sites (tertiary alicyclic amines) is 2. The number of carbonyl (C=O) groups is 3. The molecule has 2 aliphatic heterocycles. The summed E-state index contributed by atoms with van der Waals surface area (Å²) >= 11 is 18.0. The molecule has 9 N–H and O–H groups in total. The third-order valence-electron chi connectivity index (χ3n) is 8.70. The van der Waals surface area contributed by atoms with Crippen LogP contribution in [0.15, 0.2) is 54.6 Å². The lowest BCUT2D eigenvalue weighted by molar-refractivity contribution is -0.118. The third kappa shape index (κ3) is 16.4. The highest BCUT2D eigenvalue weighted by Gasteiger charge is 2.16. The smallest absolute Gasteiger partial charge is 0.238 e. The van der Waals surface area contributed by atoms with Crippen LogP contribution in [0.25, 0.3) is 0 Å². The number of nitrogens with two attached hydrogens (primary N) is 3. The molecular formula is C38H54Cl3N9O3. The van der Waals surface area contributed by atoms with Crippen LogP contribution in [0, 0.1) is 0 Å². The lowest BCUT2D eigenvalue weighted by atomic mass is 10.2. The molecule has 0 unspecified atom stereocenters. The quantitative estimate of drug-likeness (QED) is 0.113. The molecule has 0 bridgehead atoms. The number of hydrogen-bond donors (Lipinski definition) is 6. The highest BCUT2D eigenvalue weighted by molar-refractivity contribution is 6.34. The standard InChI is InChI=1S/C14H20ClN3O.C12H16ClN3O.C12H18ClN3O/c15-12-9-11(16)5-6-13(12)17-14(19)10-18-7-3-1-2-4-8-18;13-10-7-9(14)3-4-11(10)15-12(17)8-16-5-1-2-6-16;1-3-16(4-2)8-12(17)15-11-6-5-9(14)7-10(11)13/h5-6,9H,1-4,7-8,10,16H2,(H,17,19);3-4,7H,1-2,5-6,8,14H2,(H,15,17);5-7H,3-4,8,14H2,1-2H3,(H,15,17). The molecule has 0 spiro atoms. The van der Waals surface area contributed by atoms with Crippen molar-refractivity contribution in [3.8, 4) is 0 Å². The average molecular weight is 791 g/mol. The maximum Gasteiger partial charge on any atom is 0.238 e. The monoisotopic (exact) mass is 789 g/mol. The Bertz CT molecular complexity index is 1560. The van der Waals surface area contributed by atoms with Gasteiger partial charge in [-0.05, 0) is 120 Å². The summed E-state index contributed by atoms with van der Waals surface area (Å²) < 4.78 is 0. The van der Waals surface area contributed by atoms with Crippen molar-refractivity contribution in [2.45, 2.75) is 52.4 Å². The molecule has 5 rings (SSSR count). The zero-order valence-corrected chi connectivity index (χ0v) is 33.0. The molecule has 12 nitrogen and oxygen atoms in total. The first-order valence-corrected chi connectivity index (χ1v) is 19.2. The molecular weight excluding hydrogens is 737 g/mol. The molecule has 15 heteroatoms. The van der Waals surface area contributed by atoms with Crippen molar-refractivity contribution in [3.63, 3.8) is 0 Å². The van der Waals surface area contributed by atoms with Crippen molar-refractivity contribution in [1.29, 1.82) is 0 Å². The van der Waals surface area contributed by atoms with E-state index in [1.54, 1.807) is 54.6 Å². The van der Waals surface area contributed by atoms with Gasteiger partial charge < -0.3 is 33.2 Å². The van der Waals surface area contributed by atoms with Gasteiger partial charge in [0.2, 0.25) is 17.7 Å². The summed E-state index contributed by atoms with van der Waals surface area (Å²) in [5, 5.41) is 9.81. The van der Waals surface area contributed by atoms with Crippen molar-refractivity contribution in [2.24, 2.45) is 0 Å². The van der Waals surface area contributed by atoms with Crippen molar-refractivity contribution in [1.82, 2.24) is 14.7 Å². The number of hydrogen-bond acceptors (Lipinski definition) is 9. The maximum atomic E-state index is 12.0. The Morgan fingerprint density at radius 3 is 1.21 bits per heavy atom. The summed E-state index contributed by atoms with van der Waals surface area (Å²) in [4.78, 5) is 41.9. The number of likely N-dealkylation sites (N-methyl/N-ethyl adjacent to an activating group) is 1. The van der Waals surface area contributed by atoms with Gasteiger partial charge in [0.25, 0.3) is 0 Å². The number of carbonyl (C=O) groups excluding carboxylic acids is 3. The molecule has 3 aromatic rings. The van der Waals surface area contributed by atoms with E-state index in [2.05, 4.69) is 25.8 Å². The zero-order valence-electron chi connectivity index (χ0n) is 30.7. The second-order valence-electron chi connectivity index (χ2n) is 13.0. The Labute approximate surface area is 328 Å². The van der Waals surface area contributed by atoms with Gasteiger partial charge in [-0.2, -0.15) is 0 Å². The summed E-state index contributed by atoms with van der Waals surface area (Å²) in [5.74, 6) is -0.118. The number of nitrogens with zero attached hydrogens (tertiary/aromatic N) is 3. The van der Waals surface area contributed by atoms with Crippen LogP contribution >= 0.6 is 34.8 Å². The van der Waals surface area contributed by atoms with Crippen LogP contribution in [-0.4, -0.2) is 91.3 Å². The first-order chi connectivity index (χ1) is 25.4. The Hall–Kier alpha value is -3.78. The number of anilines is 6. The van der Waals surface area contributed by atoms with Crippen molar-refractivity contribution in [2.75, 3.05) is 92.1 Å². The van der Waals surface area contributed by atoms with Crippen LogP contribution in [0.2, 0.25) is 15.1 Å². The first-order valence-electron chi connectivity index (χ1n) is 18.1. The highest BCUT2D eigenvalue weighted by Crippen LogP contribution is 2.26. The van der Waals surface area contributed by atoms with E-state index in [0.29, 0.717) is 68.8 Å². The Balaban J connectivity index is 0.000000215. The first kappa shape index (κ1) is 43.6. The van der Waals surface area contributed by atoms with Gasteiger partial charge >= 0.3 is 0 Å². The number of nitrogen functional groups attached to an aromatic ring is 3. The molecule has 290 valence electrons. The number of rotatable bonds is 11. The Morgan fingerprint density at radius 2 is 0.887 bits per heavy atom. The summed E-state index contributed by atoms with van der Waals surface area (Å²) in [6, 6.07) is 15.2. The van der Waals surface area contributed by atoms with Crippen LogP contribution in [0.3, 0.4) is 0 Å². The van der Waals surface area contributed by atoms with Crippen molar-refractivity contribution in [3.05, 3.63) is 69.7 Å². The summed E-state index contributed by atoms with van der Waals surface area (Å²) in [7, 11) is 0. The second kappa shape index (κ2) is 23.1. The van der Waals surface area contributed by atoms with E-state index in [0.717, 1.165) is 39.3 Å². The van der Waals surface area contributed by atoms with Crippen LogP contribution in [-0.2, 0) is 14.4 Å². The molecule has 0 aliphatic carbocycles. The predicted octanol–water partition coefficient (Wildman–Crippen LogP) is 6.90. The van der Waals surface area contributed by atoms with Gasteiger partial charge in [-0.1, -0.05) is 61.5 Å². The molecule has 0 atom stereocenters. The maximum absolute atomic E-state index is 12.0. The van der Waals surface area contributed by atoms with E-state index >= 15 is 0 Å². The van der Waals surface area contributed by atoms with Crippen LogP contribution < -0.4 is 33.2 Å². The third-order valence-corrected chi connectivity index (χ3v) is 9.63. The van der Waals surface area contributed by atoms with E-state index in [1.165, 1.54) is 38.5 Å². The van der Waals surface area contributed by atoms with Gasteiger partial charge in [0.15, 0.2) is 0 Å². The minimum absolute atomic E-state index is 0.0198. The predicted molar refractivity (Wildman–Crippen MR) is 222 cm³/mol. The lowest BCUT2D eigenvalue weighted by Crippen LogP contribution is -2.33. The Kier molecular flexibility index (Phi) is 19.0. The van der Waals surface area contributed by atoms with Gasteiger partial charge in [0.05, 0.1) is 51.8 Å². The van der Waals surface area contributed by atoms with Gasteiger partial charge in [0, 0.05) is 17.1 Å². The van der Waals surface area contributed by atoms with Crippen molar-refractivity contribution >= 4 is 86.6 Å². The average Bonchev–Trinajstić information content (AvgIpc) is 3.49. The van der Waals surface area contributed by atoms with Gasteiger partial charge in [-0.25, -0.2) is 0 Å². The number of amides is 3. The molecule has 2 fully saturated rings. The van der Waals surface area contributed by atoms with Crippen LogP contribution in [0.1, 0.15) is 52.4 Å². The van der Waals surface area contributed by atoms with Gasteiger partial charge in [0.1, 0.15) is 0 Å². The number of benzene rings is 3. The molecule has 53 heavy (non-hydrogen) atoms. The van der Waals surface area contributed by atoms with Crippen molar-refractivity contribution < 1.29 is 14.4 Å². The fourth-order valence-corrected chi connectivity index (χ4v) is 6.47. The fourth-order valence-electron chi connectivity index (χ4n) is 5.76. The number of halogens is 3. The minimum Gasteiger partial charge on any atom is -0.399 e. The van der Waals surface area contributed by atoms with Gasteiger partial charge in [-0.3, -0.25) is 29.1 Å². The second-order valence-corrected chi connectivity index (χ2v) is 14.2. The summed E-state index contributed by atoms with van der Waals surface area (Å²) in [5.41, 5.74) is 20.4. The van der Waals surface area contributed by atoms with Crippen LogP contribution in [0.5, 0.6) is 0 Å². The van der Waals surface area contributed by atoms with E-state index in [-0.39, 0.29) is 17.7 Å². The van der Waals surface area contributed by atoms with E-state index in [4.69, 9.17) is 52.0 Å². The Morgan fingerprint density at radius 1 is 0.566 bits per heavy atom. The lowest BCUT2D eigenvalue weighted by Gasteiger charge is -2.19. The largest absolute Gasteiger partial charge is 0.399 e. The molecule has 0 aromatic heterocycles. The molecule has 3 amide bonds. The van der Waals surface area contributed by atoms with E-state index < -0.39 is 0 Å². The summed E-state index contributed by atoms with van der Waals surface area (Å²) in [6.07, 6.45) is 7.24. The van der Waals surface area contributed by atoms with E-state index in [9.17, 15) is 14.4 Å². The molecule has 2 aliphatic rings. The van der Waals surface area contributed by atoms with Crippen LogP contribution in [0.4, 0.5) is 34.1 Å².